The maximum atomic E-state index is 13.9. The minimum Gasteiger partial charge on any atom is -0.360 e. The molecule has 0 unspecified atom stereocenters. The maximum Gasteiger partial charge on any atom is 0.197 e. The van der Waals surface area contributed by atoms with Crippen molar-refractivity contribution in [1.82, 2.24) is 19.6 Å². The van der Waals surface area contributed by atoms with Gasteiger partial charge in [-0.25, -0.2) is 0 Å². The fraction of sp³-hybridized carbons (Fsp3) is 0.0741. The van der Waals surface area contributed by atoms with Crippen molar-refractivity contribution in [1.29, 1.82) is 0 Å². The molecule has 1 N–H and O–H groups in total. The van der Waals surface area contributed by atoms with E-state index in [4.69, 9.17) is 0 Å². The Morgan fingerprint density at radius 2 is 1.64 bits per heavy atom. The van der Waals surface area contributed by atoms with Crippen molar-refractivity contribution >= 4 is 45.0 Å². The zero-order chi connectivity index (χ0) is 22.4. The Hall–Kier alpha value is -3.90. The summed E-state index contributed by atoms with van der Waals surface area (Å²) in [6.45, 7) is 2.08. The van der Waals surface area contributed by atoms with Gasteiger partial charge in [-0.3, -0.25) is 9.20 Å². The van der Waals surface area contributed by atoms with Crippen LogP contribution in [0.3, 0.4) is 0 Å². The third kappa shape index (κ3) is 3.31. The summed E-state index contributed by atoms with van der Waals surface area (Å²) in [6.07, 6.45) is 1.81. The SMILES string of the molecule is Cc1cc2nnc(S[C@@H](C(=O)c3c[nH]c4ccccc34)c3ccccc3)n2c2ccccc12. The van der Waals surface area contributed by atoms with Gasteiger partial charge in [0.1, 0.15) is 5.25 Å². The minimum absolute atomic E-state index is 0.0387. The molecular formula is C27H20N4OS. The van der Waals surface area contributed by atoms with Crippen LogP contribution in [0.5, 0.6) is 0 Å². The smallest absolute Gasteiger partial charge is 0.197 e. The van der Waals surface area contributed by atoms with Crippen molar-refractivity contribution in [3.63, 3.8) is 0 Å². The second-order valence-corrected chi connectivity index (χ2v) is 9.11. The molecule has 0 radical (unpaired) electrons. The fourth-order valence-electron chi connectivity index (χ4n) is 4.37. The highest BCUT2D eigenvalue weighted by atomic mass is 32.2. The number of hydrogen-bond donors (Lipinski definition) is 1. The number of pyridine rings is 1. The molecule has 0 aliphatic heterocycles. The van der Waals surface area contributed by atoms with Crippen LogP contribution in [0.2, 0.25) is 0 Å². The van der Waals surface area contributed by atoms with Crippen LogP contribution in [0.25, 0.3) is 27.5 Å². The normalized spacial score (nSPS) is 12.5. The Bertz CT molecular complexity index is 1630. The summed E-state index contributed by atoms with van der Waals surface area (Å²) in [5.41, 5.74) is 5.53. The van der Waals surface area contributed by atoms with Crippen LogP contribution in [-0.2, 0) is 0 Å². The number of thioether (sulfide) groups is 1. The van der Waals surface area contributed by atoms with Gasteiger partial charge in [-0.05, 0) is 36.2 Å². The van der Waals surface area contributed by atoms with E-state index >= 15 is 0 Å². The summed E-state index contributed by atoms with van der Waals surface area (Å²) in [4.78, 5) is 17.1. The Morgan fingerprint density at radius 1 is 0.909 bits per heavy atom. The van der Waals surface area contributed by atoms with Crippen molar-refractivity contribution in [2.75, 3.05) is 0 Å². The largest absolute Gasteiger partial charge is 0.360 e. The van der Waals surface area contributed by atoms with Gasteiger partial charge in [0, 0.05) is 28.0 Å². The molecule has 160 valence electrons. The molecular weight excluding hydrogens is 428 g/mol. The molecule has 3 aromatic carbocycles. The summed E-state index contributed by atoms with van der Waals surface area (Å²) in [5.74, 6) is 0.0387. The molecule has 1 atom stereocenters. The number of benzene rings is 3. The number of rotatable bonds is 5. The second kappa shape index (κ2) is 7.90. The quantitative estimate of drug-likeness (QED) is 0.245. The number of hydrogen-bond acceptors (Lipinski definition) is 4. The molecule has 3 heterocycles. The van der Waals surface area contributed by atoms with Gasteiger partial charge in [0.25, 0.3) is 0 Å². The first-order valence-electron chi connectivity index (χ1n) is 10.8. The van der Waals surface area contributed by atoms with E-state index in [9.17, 15) is 4.79 Å². The summed E-state index contributed by atoms with van der Waals surface area (Å²) in [6, 6.07) is 28.0. The molecule has 0 spiro atoms. The molecule has 6 heteroatoms. The Morgan fingerprint density at radius 3 is 2.48 bits per heavy atom. The molecule has 0 bridgehead atoms. The van der Waals surface area contributed by atoms with Crippen molar-refractivity contribution in [3.05, 3.63) is 108 Å². The van der Waals surface area contributed by atoms with E-state index in [2.05, 4.69) is 34.2 Å². The Balaban J connectivity index is 1.50. The van der Waals surface area contributed by atoms with Crippen LogP contribution in [0.1, 0.15) is 26.7 Å². The standard InChI is InChI=1S/C27H20N4OS/c1-17-15-24-29-30-27(31(24)23-14-8-6-11-19(17)23)33-26(18-9-3-2-4-10-18)25(32)21-16-28-22-13-7-5-12-20(21)22/h2-16,26,28H,1H3/t26-/m1/s1. The molecule has 0 saturated heterocycles. The zero-order valence-corrected chi connectivity index (χ0v) is 18.7. The third-order valence-corrected chi connectivity index (χ3v) is 7.19. The average molecular weight is 449 g/mol. The van der Waals surface area contributed by atoms with Crippen LogP contribution in [0.15, 0.2) is 96.3 Å². The van der Waals surface area contributed by atoms with Crippen molar-refractivity contribution in [2.24, 2.45) is 0 Å². The van der Waals surface area contributed by atoms with Crippen LogP contribution >= 0.6 is 11.8 Å². The predicted octanol–water partition coefficient (Wildman–Crippen LogP) is 6.39. The van der Waals surface area contributed by atoms with Crippen LogP contribution in [0, 0.1) is 6.92 Å². The number of aryl methyl sites for hydroxylation is 1. The van der Waals surface area contributed by atoms with Gasteiger partial charge in [0.2, 0.25) is 0 Å². The second-order valence-electron chi connectivity index (χ2n) is 8.04. The van der Waals surface area contributed by atoms with E-state index < -0.39 is 5.25 Å². The predicted molar refractivity (Wildman–Crippen MR) is 133 cm³/mol. The van der Waals surface area contributed by atoms with Crippen LogP contribution in [-0.4, -0.2) is 25.4 Å². The maximum absolute atomic E-state index is 13.9. The monoisotopic (exact) mass is 448 g/mol. The molecule has 6 rings (SSSR count). The molecule has 0 saturated carbocycles. The lowest BCUT2D eigenvalue weighted by Crippen LogP contribution is -2.10. The number of fused-ring (bicyclic) bond motifs is 4. The van der Waals surface area contributed by atoms with Crippen molar-refractivity contribution < 1.29 is 4.79 Å². The molecule has 0 amide bonds. The zero-order valence-electron chi connectivity index (χ0n) is 17.9. The van der Waals surface area contributed by atoms with Crippen LogP contribution < -0.4 is 0 Å². The lowest BCUT2D eigenvalue weighted by molar-refractivity contribution is 0.0991. The number of carbonyl (C=O) groups is 1. The van der Waals surface area contributed by atoms with E-state index in [1.165, 1.54) is 11.8 Å². The van der Waals surface area contributed by atoms with Gasteiger partial charge >= 0.3 is 0 Å². The number of aromatic nitrogens is 4. The average Bonchev–Trinajstić information content (AvgIpc) is 3.47. The number of aromatic amines is 1. The molecule has 0 aliphatic carbocycles. The number of H-pyrrole nitrogens is 1. The molecule has 0 fully saturated rings. The third-order valence-electron chi connectivity index (χ3n) is 5.99. The van der Waals surface area contributed by atoms with Gasteiger partial charge < -0.3 is 4.98 Å². The number of ketones is 1. The number of carbonyl (C=O) groups excluding carboxylic acids is 1. The summed E-state index contributed by atoms with van der Waals surface area (Å²) >= 11 is 1.44. The van der Waals surface area contributed by atoms with E-state index in [0.717, 1.165) is 38.6 Å². The van der Waals surface area contributed by atoms with E-state index in [-0.39, 0.29) is 5.78 Å². The summed E-state index contributed by atoms with van der Waals surface area (Å²) in [5, 5.41) is 11.2. The molecule has 0 aliphatic rings. The topological polar surface area (TPSA) is 63.0 Å². The first-order chi connectivity index (χ1) is 16.2. The highest BCUT2D eigenvalue weighted by Gasteiger charge is 2.28. The first-order valence-corrected chi connectivity index (χ1v) is 11.6. The van der Waals surface area contributed by atoms with Gasteiger partial charge in [-0.15, -0.1) is 10.2 Å². The molecule has 33 heavy (non-hydrogen) atoms. The molecule has 6 aromatic rings. The number of para-hydroxylation sites is 2. The summed E-state index contributed by atoms with van der Waals surface area (Å²) in [7, 11) is 0. The lowest BCUT2D eigenvalue weighted by Gasteiger charge is -2.15. The molecule has 3 aromatic heterocycles. The van der Waals surface area contributed by atoms with E-state index in [0.29, 0.717) is 10.7 Å². The highest BCUT2D eigenvalue weighted by Crippen LogP contribution is 2.39. The number of nitrogens with one attached hydrogen (secondary N) is 1. The van der Waals surface area contributed by atoms with Gasteiger partial charge in [0.05, 0.1) is 5.52 Å². The highest BCUT2D eigenvalue weighted by molar-refractivity contribution is 8.00. The number of Topliss-reactive ketones (excluding diaryl/α,β-unsaturated/α-hetero) is 1. The van der Waals surface area contributed by atoms with Crippen LogP contribution in [0.4, 0.5) is 0 Å². The Labute approximate surface area is 194 Å². The van der Waals surface area contributed by atoms with E-state index in [1.54, 1.807) is 0 Å². The number of nitrogens with zero attached hydrogens (tertiary/aromatic N) is 3. The first kappa shape index (κ1) is 19.8. The fourth-order valence-corrected chi connectivity index (χ4v) is 5.50. The minimum atomic E-state index is -0.460. The van der Waals surface area contributed by atoms with Gasteiger partial charge in [0.15, 0.2) is 16.6 Å². The van der Waals surface area contributed by atoms with E-state index in [1.807, 2.05) is 83.4 Å². The van der Waals surface area contributed by atoms with Gasteiger partial charge in [-0.1, -0.05) is 78.5 Å². The Kier molecular flexibility index (Phi) is 4.73. The van der Waals surface area contributed by atoms with Crippen molar-refractivity contribution in [2.45, 2.75) is 17.3 Å². The van der Waals surface area contributed by atoms with Crippen molar-refractivity contribution in [3.8, 4) is 0 Å². The summed E-state index contributed by atoms with van der Waals surface area (Å²) < 4.78 is 2.05. The lowest BCUT2D eigenvalue weighted by atomic mass is 10.0. The molecule has 5 nitrogen and oxygen atoms in total. The van der Waals surface area contributed by atoms with Gasteiger partial charge in [-0.2, -0.15) is 0 Å².